The van der Waals surface area contributed by atoms with Gasteiger partial charge in [0.1, 0.15) is 0 Å². The Morgan fingerprint density at radius 3 is 2.53 bits per heavy atom. The highest BCUT2D eigenvalue weighted by Crippen LogP contribution is 2.05. The van der Waals surface area contributed by atoms with Gasteiger partial charge in [-0.1, -0.05) is 30.3 Å². The first-order chi connectivity index (χ1) is 7.92. The number of carbonyl (C=O) groups is 1. The van der Waals surface area contributed by atoms with Crippen molar-refractivity contribution in [2.24, 2.45) is 0 Å². The van der Waals surface area contributed by atoms with Crippen LogP contribution in [0.4, 0.5) is 0 Å². The van der Waals surface area contributed by atoms with E-state index in [-0.39, 0.29) is 12.6 Å². The minimum absolute atomic E-state index is 0.0380. The molecule has 0 aromatic heterocycles. The lowest BCUT2D eigenvalue weighted by Gasteiger charge is -2.21. The van der Waals surface area contributed by atoms with Crippen LogP contribution in [0.5, 0.6) is 0 Å². The van der Waals surface area contributed by atoms with Gasteiger partial charge in [0.05, 0.1) is 0 Å². The van der Waals surface area contributed by atoms with Gasteiger partial charge >= 0.3 is 5.97 Å². The molecule has 0 fully saturated rings. The average molecular weight is 237 g/mol. The van der Waals surface area contributed by atoms with E-state index in [1.165, 1.54) is 12.5 Å². The van der Waals surface area contributed by atoms with Crippen LogP contribution in [0.3, 0.4) is 0 Å². The van der Waals surface area contributed by atoms with E-state index in [0.717, 1.165) is 6.42 Å². The molecule has 0 spiro atoms. The summed E-state index contributed by atoms with van der Waals surface area (Å²) in [4.78, 5) is 10.7. The minimum atomic E-state index is -1.72. The molecule has 0 aliphatic carbocycles. The fourth-order valence-electron chi connectivity index (χ4n) is 1.49. The van der Waals surface area contributed by atoms with E-state index in [2.05, 4.69) is 5.32 Å². The Hall–Kier alpha value is -1.39. The minimum Gasteiger partial charge on any atom is -0.479 e. The van der Waals surface area contributed by atoms with Crippen molar-refractivity contribution in [2.45, 2.75) is 31.9 Å². The van der Waals surface area contributed by atoms with Gasteiger partial charge in [0, 0.05) is 12.6 Å². The Kier molecular flexibility index (Phi) is 4.66. The molecule has 2 atom stereocenters. The Bertz CT molecular complexity index is 362. The van der Waals surface area contributed by atoms with Crippen LogP contribution < -0.4 is 5.32 Å². The summed E-state index contributed by atoms with van der Waals surface area (Å²) in [6.07, 6.45) is 0.802. The number of nitrogens with one attached hydrogen (secondary N) is 1. The normalized spacial score (nSPS) is 16.2. The van der Waals surface area contributed by atoms with Crippen molar-refractivity contribution < 1.29 is 15.0 Å². The third-order valence-corrected chi connectivity index (χ3v) is 2.64. The Morgan fingerprint density at radius 2 is 2.00 bits per heavy atom. The molecule has 94 valence electrons. The zero-order chi connectivity index (χ0) is 12.9. The highest BCUT2D eigenvalue weighted by Gasteiger charge is 2.29. The van der Waals surface area contributed by atoms with Crippen molar-refractivity contribution in [2.75, 3.05) is 6.54 Å². The van der Waals surface area contributed by atoms with Gasteiger partial charge in [-0.3, -0.25) is 0 Å². The highest BCUT2D eigenvalue weighted by atomic mass is 16.4. The van der Waals surface area contributed by atoms with E-state index in [1.807, 2.05) is 37.3 Å². The zero-order valence-electron chi connectivity index (χ0n) is 10.2. The molecule has 0 bridgehead atoms. The molecule has 1 aromatic rings. The maximum Gasteiger partial charge on any atom is 0.336 e. The van der Waals surface area contributed by atoms with Gasteiger partial charge in [-0.05, 0) is 25.8 Å². The molecule has 4 heteroatoms. The fourth-order valence-corrected chi connectivity index (χ4v) is 1.49. The smallest absolute Gasteiger partial charge is 0.336 e. The molecule has 17 heavy (non-hydrogen) atoms. The van der Waals surface area contributed by atoms with E-state index in [0.29, 0.717) is 0 Å². The first-order valence-electron chi connectivity index (χ1n) is 5.65. The van der Waals surface area contributed by atoms with Crippen LogP contribution in [0, 0.1) is 0 Å². The molecule has 3 N–H and O–H groups in total. The van der Waals surface area contributed by atoms with Gasteiger partial charge < -0.3 is 15.5 Å². The molecule has 1 rings (SSSR count). The first kappa shape index (κ1) is 13.7. The predicted octanol–water partition coefficient (Wildman–Crippen LogP) is 1.04. The van der Waals surface area contributed by atoms with E-state index < -0.39 is 11.6 Å². The summed E-state index contributed by atoms with van der Waals surface area (Å²) in [7, 11) is 0. The number of rotatable bonds is 6. The standard InChI is InChI=1S/C13H19NO3/c1-10(8-11-6-4-3-5-7-11)14-9-13(2,17)12(15)16/h3-7,10,14,17H,8-9H2,1-2H3,(H,15,16). The third kappa shape index (κ3) is 4.54. The van der Waals surface area contributed by atoms with E-state index in [9.17, 15) is 9.90 Å². The van der Waals surface area contributed by atoms with Gasteiger partial charge in [0.2, 0.25) is 0 Å². The fraction of sp³-hybridized carbons (Fsp3) is 0.462. The molecular weight excluding hydrogens is 218 g/mol. The average Bonchev–Trinajstić information content (AvgIpc) is 2.28. The van der Waals surface area contributed by atoms with Gasteiger partial charge in [-0.2, -0.15) is 0 Å². The van der Waals surface area contributed by atoms with Crippen LogP contribution in [-0.4, -0.2) is 34.4 Å². The van der Waals surface area contributed by atoms with Crippen molar-refractivity contribution >= 4 is 5.97 Å². The van der Waals surface area contributed by atoms with E-state index in [4.69, 9.17) is 5.11 Å². The second kappa shape index (κ2) is 5.80. The van der Waals surface area contributed by atoms with Crippen LogP contribution in [-0.2, 0) is 11.2 Å². The van der Waals surface area contributed by atoms with Crippen molar-refractivity contribution in [1.82, 2.24) is 5.32 Å². The molecule has 0 radical (unpaired) electrons. The number of aliphatic carboxylic acids is 1. The summed E-state index contributed by atoms with van der Waals surface area (Å²) in [5.41, 5.74) is -0.534. The van der Waals surface area contributed by atoms with Crippen LogP contribution in [0.25, 0.3) is 0 Å². The first-order valence-corrected chi connectivity index (χ1v) is 5.65. The number of hydrogen-bond donors (Lipinski definition) is 3. The number of carboxylic acid groups (broad SMARTS) is 1. The maximum atomic E-state index is 10.7. The molecule has 0 heterocycles. The van der Waals surface area contributed by atoms with Gasteiger partial charge in [0.15, 0.2) is 5.60 Å². The lowest BCUT2D eigenvalue weighted by atomic mass is 10.0. The Morgan fingerprint density at radius 1 is 1.41 bits per heavy atom. The zero-order valence-corrected chi connectivity index (χ0v) is 10.2. The summed E-state index contributed by atoms with van der Waals surface area (Å²) >= 11 is 0. The highest BCUT2D eigenvalue weighted by molar-refractivity contribution is 5.76. The third-order valence-electron chi connectivity index (χ3n) is 2.64. The van der Waals surface area contributed by atoms with E-state index in [1.54, 1.807) is 0 Å². The van der Waals surface area contributed by atoms with Crippen LogP contribution in [0.15, 0.2) is 30.3 Å². The second-order valence-electron chi connectivity index (χ2n) is 4.55. The van der Waals surface area contributed by atoms with Crippen molar-refractivity contribution in [3.05, 3.63) is 35.9 Å². The van der Waals surface area contributed by atoms with Crippen molar-refractivity contribution in [3.8, 4) is 0 Å². The second-order valence-corrected chi connectivity index (χ2v) is 4.55. The molecule has 1 aromatic carbocycles. The number of hydrogen-bond acceptors (Lipinski definition) is 3. The number of carboxylic acids is 1. The lowest BCUT2D eigenvalue weighted by Crippen LogP contribution is -2.47. The van der Waals surface area contributed by atoms with Gasteiger partial charge in [0.25, 0.3) is 0 Å². The Balaban J connectivity index is 2.41. The van der Waals surface area contributed by atoms with Crippen molar-refractivity contribution in [1.29, 1.82) is 0 Å². The molecule has 0 saturated carbocycles. The predicted molar refractivity (Wildman–Crippen MR) is 65.9 cm³/mol. The molecule has 0 amide bonds. The van der Waals surface area contributed by atoms with E-state index >= 15 is 0 Å². The largest absolute Gasteiger partial charge is 0.479 e. The molecular formula is C13H19NO3. The van der Waals surface area contributed by atoms with Crippen LogP contribution in [0.1, 0.15) is 19.4 Å². The molecule has 4 nitrogen and oxygen atoms in total. The van der Waals surface area contributed by atoms with Gasteiger partial charge in [-0.15, -0.1) is 0 Å². The maximum absolute atomic E-state index is 10.7. The molecule has 0 saturated heterocycles. The summed E-state index contributed by atoms with van der Waals surface area (Å²) in [5, 5.41) is 21.3. The lowest BCUT2D eigenvalue weighted by molar-refractivity contribution is -0.156. The molecule has 2 unspecified atom stereocenters. The summed E-state index contributed by atoms with van der Waals surface area (Å²) in [6, 6.07) is 10.0. The quantitative estimate of drug-likeness (QED) is 0.691. The van der Waals surface area contributed by atoms with Crippen LogP contribution >= 0.6 is 0 Å². The monoisotopic (exact) mass is 237 g/mol. The Labute approximate surface area is 101 Å². The van der Waals surface area contributed by atoms with Crippen LogP contribution in [0.2, 0.25) is 0 Å². The SMILES string of the molecule is CC(Cc1ccccc1)NCC(C)(O)C(=O)O. The van der Waals surface area contributed by atoms with Crippen molar-refractivity contribution in [3.63, 3.8) is 0 Å². The topological polar surface area (TPSA) is 69.6 Å². The summed E-state index contributed by atoms with van der Waals surface area (Å²) in [6.45, 7) is 3.29. The number of benzene rings is 1. The molecule has 0 aliphatic heterocycles. The summed E-state index contributed by atoms with van der Waals surface area (Å²) < 4.78 is 0. The summed E-state index contributed by atoms with van der Waals surface area (Å²) in [5.74, 6) is -1.21. The number of aliphatic hydroxyl groups is 1. The van der Waals surface area contributed by atoms with Gasteiger partial charge in [-0.25, -0.2) is 4.79 Å². The molecule has 0 aliphatic rings.